The summed E-state index contributed by atoms with van der Waals surface area (Å²) in [6, 6.07) is 5.10. The van der Waals surface area contributed by atoms with E-state index in [2.05, 4.69) is 0 Å². The molecule has 1 rings (SSSR count). The summed E-state index contributed by atoms with van der Waals surface area (Å²) in [5.41, 5.74) is 0.712. The van der Waals surface area contributed by atoms with Gasteiger partial charge in [-0.1, -0.05) is 29.3 Å². The van der Waals surface area contributed by atoms with Crippen molar-refractivity contribution in [2.75, 3.05) is 5.75 Å². The Kier molecular flexibility index (Phi) is 4.40. The predicted molar refractivity (Wildman–Crippen MR) is 61.2 cm³/mol. The molecule has 0 saturated carbocycles. The summed E-state index contributed by atoms with van der Waals surface area (Å²) < 4.78 is 29.5. The van der Waals surface area contributed by atoms with Crippen LogP contribution in [0.15, 0.2) is 18.2 Å². The lowest BCUT2D eigenvalue weighted by atomic mass is 10.1. The zero-order valence-corrected chi connectivity index (χ0v) is 10.1. The van der Waals surface area contributed by atoms with Crippen molar-refractivity contribution in [1.82, 2.24) is 0 Å². The van der Waals surface area contributed by atoms with Gasteiger partial charge in [-0.3, -0.25) is 4.55 Å². The fourth-order valence-electron chi connectivity index (χ4n) is 1.20. The normalized spacial score (nSPS) is 11.7. The first-order chi connectivity index (χ1) is 6.90. The van der Waals surface area contributed by atoms with Crippen LogP contribution in [0.2, 0.25) is 10.0 Å². The van der Waals surface area contributed by atoms with E-state index in [1.807, 2.05) is 0 Å². The third-order valence-corrected chi connectivity index (χ3v) is 3.40. The molecule has 0 unspecified atom stereocenters. The lowest BCUT2D eigenvalue weighted by Gasteiger charge is -2.05. The van der Waals surface area contributed by atoms with Gasteiger partial charge in [0.2, 0.25) is 0 Å². The van der Waals surface area contributed by atoms with Crippen LogP contribution >= 0.6 is 23.2 Å². The van der Waals surface area contributed by atoms with E-state index in [1.54, 1.807) is 18.2 Å². The summed E-state index contributed by atoms with van der Waals surface area (Å²) in [4.78, 5) is 0. The Balaban J connectivity index is 2.66. The highest BCUT2D eigenvalue weighted by Crippen LogP contribution is 2.25. The first-order valence-electron chi connectivity index (χ1n) is 4.28. The molecule has 6 heteroatoms. The highest BCUT2D eigenvalue weighted by Gasteiger charge is 2.08. The van der Waals surface area contributed by atoms with Gasteiger partial charge in [0.1, 0.15) is 0 Å². The van der Waals surface area contributed by atoms with Crippen molar-refractivity contribution >= 4 is 33.3 Å². The van der Waals surface area contributed by atoms with Crippen LogP contribution in [-0.4, -0.2) is 18.7 Å². The first kappa shape index (κ1) is 12.8. The predicted octanol–water partition coefficient (Wildman–Crippen LogP) is 2.81. The second-order valence-corrected chi connectivity index (χ2v) is 5.48. The van der Waals surface area contributed by atoms with Crippen LogP contribution in [0.25, 0.3) is 0 Å². The molecule has 0 heterocycles. The van der Waals surface area contributed by atoms with Gasteiger partial charge >= 0.3 is 0 Å². The lowest BCUT2D eigenvalue weighted by molar-refractivity contribution is 0.481. The van der Waals surface area contributed by atoms with Crippen LogP contribution in [0.1, 0.15) is 12.0 Å². The third kappa shape index (κ3) is 4.38. The van der Waals surface area contributed by atoms with Crippen molar-refractivity contribution in [2.24, 2.45) is 0 Å². The van der Waals surface area contributed by atoms with Gasteiger partial charge in [-0.25, -0.2) is 0 Å². The Morgan fingerprint density at radius 3 is 2.20 bits per heavy atom. The maximum Gasteiger partial charge on any atom is 0.264 e. The van der Waals surface area contributed by atoms with E-state index in [0.717, 1.165) is 0 Å². The van der Waals surface area contributed by atoms with Crippen LogP contribution in [0.3, 0.4) is 0 Å². The Morgan fingerprint density at radius 1 is 1.20 bits per heavy atom. The van der Waals surface area contributed by atoms with Crippen molar-refractivity contribution in [2.45, 2.75) is 12.8 Å². The average Bonchev–Trinajstić information content (AvgIpc) is 2.08. The summed E-state index contributed by atoms with van der Waals surface area (Å²) >= 11 is 11.8. The monoisotopic (exact) mass is 268 g/mol. The summed E-state index contributed by atoms with van der Waals surface area (Å²) in [6.07, 6.45) is 0.723. The SMILES string of the molecule is O=S(=O)(O)CCCc1c(Cl)cccc1Cl. The molecular weight excluding hydrogens is 259 g/mol. The molecule has 0 amide bonds. The van der Waals surface area contributed by atoms with Crippen molar-refractivity contribution in [3.8, 4) is 0 Å². The minimum atomic E-state index is -3.91. The molecule has 0 saturated heterocycles. The van der Waals surface area contributed by atoms with Crippen molar-refractivity contribution in [3.63, 3.8) is 0 Å². The summed E-state index contributed by atoms with van der Waals surface area (Å²) in [5.74, 6) is -0.283. The Labute approximate surface area is 98.8 Å². The zero-order chi connectivity index (χ0) is 11.5. The molecule has 0 aliphatic heterocycles. The maximum atomic E-state index is 10.5. The van der Waals surface area contributed by atoms with Gasteiger partial charge in [-0.2, -0.15) is 8.42 Å². The van der Waals surface area contributed by atoms with Crippen LogP contribution in [0.4, 0.5) is 0 Å². The maximum absolute atomic E-state index is 10.5. The Bertz CT molecular complexity index is 422. The molecule has 0 atom stereocenters. The third-order valence-electron chi connectivity index (χ3n) is 1.89. The molecular formula is C9H10Cl2O3S. The molecule has 0 radical (unpaired) electrons. The summed E-state index contributed by atoms with van der Waals surface area (Å²) in [6.45, 7) is 0. The molecule has 0 aliphatic rings. The smallest absolute Gasteiger partial charge is 0.264 e. The fourth-order valence-corrected chi connectivity index (χ4v) is 2.30. The molecule has 3 nitrogen and oxygen atoms in total. The standard InChI is InChI=1S/C9H10Cl2O3S/c10-8-4-1-5-9(11)7(8)3-2-6-15(12,13)14/h1,4-5H,2-3,6H2,(H,12,13,14). The van der Waals surface area contributed by atoms with E-state index in [0.29, 0.717) is 28.5 Å². The number of hydrogen-bond acceptors (Lipinski definition) is 2. The van der Waals surface area contributed by atoms with Crippen LogP contribution in [0, 0.1) is 0 Å². The van der Waals surface area contributed by atoms with E-state index in [9.17, 15) is 8.42 Å². The van der Waals surface area contributed by atoms with Crippen LogP contribution in [0.5, 0.6) is 0 Å². The van der Waals surface area contributed by atoms with Gasteiger partial charge in [-0.05, 0) is 30.5 Å². The second-order valence-electron chi connectivity index (χ2n) is 3.09. The van der Waals surface area contributed by atoms with Crippen LogP contribution in [-0.2, 0) is 16.5 Å². The molecule has 84 valence electrons. The quantitative estimate of drug-likeness (QED) is 0.855. The molecule has 0 aromatic heterocycles. The fraction of sp³-hybridized carbons (Fsp3) is 0.333. The number of halogens is 2. The molecule has 15 heavy (non-hydrogen) atoms. The minimum Gasteiger partial charge on any atom is -0.286 e. The number of benzene rings is 1. The van der Waals surface area contributed by atoms with Crippen molar-refractivity contribution in [3.05, 3.63) is 33.8 Å². The molecule has 1 N–H and O–H groups in total. The van der Waals surface area contributed by atoms with E-state index in [4.69, 9.17) is 27.8 Å². The zero-order valence-electron chi connectivity index (χ0n) is 7.78. The van der Waals surface area contributed by atoms with E-state index < -0.39 is 10.1 Å². The van der Waals surface area contributed by atoms with Gasteiger partial charge in [0.25, 0.3) is 10.1 Å². The average molecular weight is 269 g/mol. The molecule has 0 aliphatic carbocycles. The van der Waals surface area contributed by atoms with Crippen molar-refractivity contribution in [1.29, 1.82) is 0 Å². The highest BCUT2D eigenvalue weighted by atomic mass is 35.5. The molecule has 0 bridgehead atoms. The van der Waals surface area contributed by atoms with E-state index in [-0.39, 0.29) is 5.75 Å². The molecule has 1 aromatic rings. The van der Waals surface area contributed by atoms with Crippen LogP contribution < -0.4 is 0 Å². The molecule has 1 aromatic carbocycles. The molecule has 0 spiro atoms. The van der Waals surface area contributed by atoms with Gasteiger partial charge < -0.3 is 0 Å². The van der Waals surface area contributed by atoms with Gasteiger partial charge in [0, 0.05) is 10.0 Å². The lowest BCUT2D eigenvalue weighted by Crippen LogP contribution is -2.05. The number of rotatable bonds is 4. The topological polar surface area (TPSA) is 54.4 Å². The van der Waals surface area contributed by atoms with Gasteiger partial charge in [-0.15, -0.1) is 0 Å². The minimum absolute atomic E-state index is 0.283. The van der Waals surface area contributed by atoms with Crippen molar-refractivity contribution < 1.29 is 13.0 Å². The summed E-state index contributed by atoms with van der Waals surface area (Å²) in [5, 5.41) is 1.02. The number of hydrogen-bond donors (Lipinski definition) is 1. The summed E-state index contributed by atoms with van der Waals surface area (Å²) in [7, 11) is -3.91. The van der Waals surface area contributed by atoms with E-state index in [1.165, 1.54) is 0 Å². The first-order valence-corrected chi connectivity index (χ1v) is 6.65. The van der Waals surface area contributed by atoms with Gasteiger partial charge in [0.15, 0.2) is 0 Å². The second kappa shape index (κ2) is 5.16. The highest BCUT2D eigenvalue weighted by molar-refractivity contribution is 7.85. The largest absolute Gasteiger partial charge is 0.286 e. The van der Waals surface area contributed by atoms with E-state index >= 15 is 0 Å². The molecule has 0 fully saturated rings. The Morgan fingerprint density at radius 2 is 1.73 bits per heavy atom. The van der Waals surface area contributed by atoms with Gasteiger partial charge in [0.05, 0.1) is 5.75 Å². The Hall–Kier alpha value is -0.290.